The first kappa shape index (κ1) is 12.3. The maximum atomic E-state index is 13.1. The lowest BCUT2D eigenvalue weighted by Gasteiger charge is -2.20. The number of amides is 1. The van der Waals surface area contributed by atoms with Gasteiger partial charge in [-0.25, -0.2) is 8.78 Å². The Balaban J connectivity index is 1.75. The zero-order chi connectivity index (χ0) is 13.6. The summed E-state index contributed by atoms with van der Waals surface area (Å²) in [4.78, 5) is 12.0. The van der Waals surface area contributed by atoms with Crippen LogP contribution in [0.25, 0.3) is 0 Å². The fourth-order valence-corrected chi connectivity index (χ4v) is 2.79. The Morgan fingerprint density at radius 2 is 2.05 bits per heavy atom. The highest BCUT2D eigenvalue weighted by Crippen LogP contribution is 2.34. The van der Waals surface area contributed by atoms with Crippen molar-refractivity contribution < 1.29 is 18.3 Å². The zero-order valence-electron chi connectivity index (χ0n) is 10.2. The molecule has 0 saturated carbocycles. The van der Waals surface area contributed by atoms with Crippen molar-refractivity contribution >= 4 is 11.6 Å². The van der Waals surface area contributed by atoms with E-state index in [9.17, 15) is 13.6 Å². The quantitative estimate of drug-likeness (QED) is 0.801. The molecule has 2 bridgehead atoms. The van der Waals surface area contributed by atoms with Crippen molar-refractivity contribution in [2.24, 2.45) is 0 Å². The van der Waals surface area contributed by atoms with E-state index in [4.69, 9.17) is 10.5 Å². The minimum Gasteiger partial charge on any atom is -0.398 e. The van der Waals surface area contributed by atoms with Gasteiger partial charge in [-0.3, -0.25) is 4.79 Å². The first-order valence-electron chi connectivity index (χ1n) is 6.25. The SMILES string of the molecule is Nc1cc(F)c(F)cc1C(=O)NC1CC2CCC1O2. The number of nitrogens with two attached hydrogens (primary N) is 1. The molecule has 3 unspecified atom stereocenters. The van der Waals surface area contributed by atoms with Crippen molar-refractivity contribution in [3.05, 3.63) is 29.3 Å². The van der Waals surface area contributed by atoms with Crippen molar-refractivity contribution in [1.82, 2.24) is 5.32 Å². The van der Waals surface area contributed by atoms with Gasteiger partial charge in [0.25, 0.3) is 5.91 Å². The van der Waals surface area contributed by atoms with Gasteiger partial charge in [-0.1, -0.05) is 0 Å². The molecule has 2 aliphatic rings. The minimum absolute atomic E-state index is 0.0282. The number of rotatable bonds is 2. The fraction of sp³-hybridized carbons (Fsp3) is 0.462. The Labute approximate surface area is 108 Å². The Hall–Kier alpha value is -1.69. The number of nitrogen functional groups attached to an aromatic ring is 1. The highest BCUT2D eigenvalue weighted by Gasteiger charge is 2.41. The van der Waals surface area contributed by atoms with E-state index in [1.165, 1.54) is 0 Å². The number of fused-ring (bicyclic) bond motifs is 2. The second kappa shape index (κ2) is 4.45. The van der Waals surface area contributed by atoms with Gasteiger partial charge in [0.05, 0.1) is 23.8 Å². The molecule has 19 heavy (non-hydrogen) atoms. The van der Waals surface area contributed by atoms with Crippen LogP contribution in [0.1, 0.15) is 29.6 Å². The van der Waals surface area contributed by atoms with Crippen molar-refractivity contribution in [2.45, 2.75) is 37.5 Å². The van der Waals surface area contributed by atoms with Crippen LogP contribution in [0.5, 0.6) is 0 Å². The van der Waals surface area contributed by atoms with Gasteiger partial charge in [0.15, 0.2) is 11.6 Å². The standard InChI is InChI=1S/C13H14F2N2O2/c14-8-4-7(10(16)5-9(8)15)13(18)17-11-3-6-1-2-12(11)19-6/h4-6,11-12H,1-3,16H2,(H,17,18). The van der Waals surface area contributed by atoms with Gasteiger partial charge in [0.2, 0.25) is 0 Å². The second-order valence-corrected chi connectivity index (χ2v) is 5.04. The van der Waals surface area contributed by atoms with E-state index in [0.29, 0.717) is 0 Å². The summed E-state index contributed by atoms with van der Waals surface area (Å²) in [5, 5.41) is 2.78. The van der Waals surface area contributed by atoms with Crippen LogP contribution in [-0.2, 0) is 4.74 Å². The number of hydrogen-bond acceptors (Lipinski definition) is 3. The third kappa shape index (κ3) is 2.16. The normalized spacial score (nSPS) is 28.6. The summed E-state index contributed by atoms with van der Waals surface area (Å²) in [5.41, 5.74) is 5.43. The van der Waals surface area contributed by atoms with Crippen LogP contribution in [0, 0.1) is 11.6 Å². The van der Waals surface area contributed by atoms with E-state index in [0.717, 1.165) is 31.4 Å². The number of carbonyl (C=O) groups excluding carboxylic acids is 1. The molecule has 0 aromatic heterocycles. The van der Waals surface area contributed by atoms with Gasteiger partial charge < -0.3 is 15.8 Å². The summed E-state index contributed by atoms with van der Waals surface area (Å²) < 4.78 is 31.7. The Morgan fingerprint density at radius 1 is 1.32 bits per heavy atom. The molecule has 0 spiro atoms. The summed E-state index contributed by atoms with van der Waals surface area (Å²) in [5.74, 6) is -2.63. The van der Waals surface area contributed by atoms with E-state index >= 15 is 0 Å². The molecule has 2 heterocycles. The molecule has 0 radical (unpaired) electrons. The number of ether oxygens (including phenoxy) is 1. The molecule has 3 atom stereocenters. The molecule has 0 aliphatic carbocycles. The largest absolute Gasteiger partial charge is 0.398 e. The summed E-state index contributed by atoms with van der Waals surface area (Å²) in [6.45, 7) is 0. The molecule has 1 aromatic rings. The van der Waals surface area contributed by atoms with Crippen molar-refractivity contribution in [3.63, 3.8) is 0 Å². The van der Waals surface area contributed by atoms with Crippen LogP contribution in [0.3, 0.4) is 0 Å². The fourth-order valence-electron chi connectivity index (χ4n) is 2.79. The topological polar surface area (TPSA) is 64.4 Å². The minimum atomic E-state index is -1.08. The molecule has 3 rings (SSSR count). The molecular weight excluding hydrogens is 254 g/mol. The molecule has 2 saturated heterocycles. The summed E-state index contributed by atoms with van der Waals surface area (Å²) in [6.07, 6.45) is 2.94. The molecular formula is C13H14F2N2O2. The van der Waals surface area contributed by atoms with Crippen LogP contribution in [-0.4, -0.2) is 24.2 Å². The van der Waals surface area contributed by atoms with E-state index in [-0.39, 0.29) is 29.5 Å². The predicted octanol–water partition coefficient (Wildman–Crippen LogP) is 1.60. The lowest BCUT2D eigenvalue weighted by Crippen LogP contribution is -2.41. The molecule has 1 amide bonds. The van der Waals surface area contributed by atoms with Crippen molar-refractivity contribution in [2.75, 3.05) is 5.73 Å². The highest BCUT2D eigenvalue weighted by atomic mass is 19.2. The van der Waals surface area contributed by atoms with Crippen LogP contribution in [0.15, 0.2) is 12.1 Å². The summed E-state index contributed by atoms with van der Waals surface area (Å²) >= 11 is 0. The molecule has 4 nitrogen and oxygen atoms in total. The average Bonchev–Trinajstić information content (AvgIpc) is 2.95. The second-order valence-electron chi connectivity index (χ2n) is 5.04. The molecule has 102 valence electrons. The highest BCUT2D eigenvalue weighted by molar-refractivity contribution is 5.99. The van der Waals surface area contributed by atoms with E-state index < -0.39 is 17.5 Å². The zero-order valence-corrected chi connectivity index (χ0v) is 10.2. The van der Waals surface area contributed by atoms with Gasteiger partial charge in [0.1, 0.15) is 0 Å². The molecule has 1 aromatic carbocycles. The lowest BCUT2D eigenvalue weighted by atomic mass is 9.95. The van der Waals surface area contributed by atoms with Gasteiger partial charge >= 0.3 is 0 Å². The smallest absolute Gasteiger partial charge is 0.253 e. The van der Waals surface area contributed by atoms with Gasteiger partial charge in [-0.15, -0.1) is 0 Å². The predicted molar refractivity (Wildman–Crippen MR) is 64.5 cm³/mol. The van der Waals surface area contributed by atoms with E-state index in [2.05, 4.69) is 5.32 Å². The van der Waals surface area contributed by atoms with Gasteiger partial charge in [-0.05, 0) is 25.3 Å². The van der Waals surface area contributed by atoms with E-state index in [1.807, 2.05) is 0 Å². The number of hydrogen-bond donors (Lipinski definition) is 2. The maximum absolute atomic E-state index is 13.1. The van der Waals surface area contributed by atoms with Crippen LogP contribution >= 0.6 is 0 Å². The summed E-state index contributed by atoms with van der Waals surface area (Å²) in [6, 6.07) is 1.58. The Kier molecular flexibility index (Phi) is 2.89. The van der Waals surface area contributed by atoms with Crippen LogP contribution in [0.4, 0.5) is 14.5 Å². The maximum Gasteiger partial charge on any atom is 0.253 e. The Bertz CT molecular complexity index is 536. The van der Waals surface area contributed by atoms with E-state index in [1.54, 1.807) is 0 Å². The third-order valence-electron chi connectivity index (χ3n) is 3.76. The number of nitrogens with one attached hydrogen (secondary N) is 1. The van der Waals surface area contributed by atoms with Crippen LogP contribution < -0.4 is 11.1 Å². The first-order valence-corrected chi connectivity index (χ1v) is 6.25. The molecule has 2 aliphatic heterocycles. The Morgan fingerprint density at radius 3 is 2.68 bits per heavy atom. The van der Waals surface area contributed by atoms with Gasteiger partial charge in [-0.2, -0.15) is 0 Å². The van der Waals surface area contributed by atoms with Crippen LogP contribution in [0.2, 0.25) is 0 Å². The number of halogens is 2. The van der Waals surface area contributed by atoms with Crippen molar-refractivity contribution in [3.8, 4) is 0 Å². The third-order valence-corrected chi connectivity index (χ3v) is 3.76. The first-order chi connectivity index (χ1) is 9.04. The van der Waals surface area contributed by atoms with Crippen molar-refractivity contribution in [1.29, 1.82) is 0 Å². The molecule has 6 heteroatoms. The monoisotopic (exact) mass is 268 g/mol. The molecule has 3 N–H and O–H groups in total. The lowest BCUT2D eigenvalue weighted by molar-refractivity contribution is 0.0841. The number of benzene rings is 1. The number of anilines is 1. The van der Waals surface area contributed by atoms with Gasteiger partial charge in [0, 0.05) is 11.8 Å². The molecule has 2 fully saturated rings. The average molecular weight is 268 g/mol. The summed E-state index contributed by atoms with van der Waals surface area (Å²) in [7, 11) is 0. The number of carbonyl (C=O) groups is 1.